The fraction of sp³-hybridized carbons (Fsp3) is 0.643. The van der Waals surface area contributed by atoms with Crippen LogP contribution in [0.3, 0.4) is 0 Å². The van der Waals surface area contributed by atoms with E-state index in [1.54, 1.807) is 27.7 Å². The normalized spacial score (nSPS) is 36.9. The molecule has 0 bridgehead atoms. The minimum Gasteiger partial charge on any atom is -0.484 e. The van der Waals surface area contributed by atoms with Gasteiger partial charge in [0.05, 0.1) is 47.1 Å². The molecule has 0 amide bonds. The molecule has 20 heavy (non-hydrogen) atoms. The standard InChI is InChI=1S/C14H20BNO4/c1-13(2)14(3,4)20-15(19-13)12-6-5-10(7-16-12)18-11-8-17-9-11/h5-7,11H,8-9H2,1-4H3/i5D,6D,7D,8D2,9D2,11D. The van der Waals surface area contributed by atoms with E-state index in [1.165, 1.54) is 0 Å². The van der Waals surface area contributed by atoms with Gasteiger partial charge in [-0.1, -0.05) is 0 Å². The molecular formula is C14H20BNO4. The average Bonchev–Trinajstić information content (AvgIpc) is 2.73. The third kappa shape index (κ3) is 2.43. The van der Waals surface area contributed by atoms with Crippen molar-refractivity contribution in [2.45, 2.75) is 45.0 Å². The first-order valence-electron chi connectivity index (χ1n) is 10.2. The number of nitrogens with zero attached hydrogens (tertiary/aromatic N) is 1. The fourth-order valence-electron chi connectivity index (χ4n) is 1.64. The Morgan fingerprint density at radius 3 is 2.60 bits per heavy atom. The van der Waals surface area contributed by atoms with E-state index in [1.807, 2.05) is 0 Å². The first kappa shape index (κ1) is 7.25. The Bertz CT molecular complexity index is 804. The van der Waals surface area contributed by atoms with Crippen LogP contribution in [0.25, 0.3) is 0 Å². The summed E-state index contributed by atoms with van der Waals surface area (Å²) in [6, 6.07) is -1.15. The van der Waals surface area contributed by atoms with Gasteiger partial charge in [0.15, 0.2) is 0 Å². The van der Waals surface area contributed by atoms with Gasteiger partial charge in [0.25, 0.3) is 0 Å². The smallest absolute Gasteiger partial charge is 0.484 e. The summed E-state index contributed by atoms with van der Waals surface area (Å²) in [6.07, 6.45) is -3.54. The van der Waals surface area contributed by atoms with Crippen molar-refractivity contribution in [1.29, 1.82) is 0 Å². The van der Waals surface area contributed by atoms with Crippen molar-refractivity contribution in [3.05, 3.63) is 18.3 Å². The highest BCUT2D eigenvalue weighted by atomic mass is 16.7. The minimum atomic E-state index is -2.87. The van der Waals surface area contributed by atoms with E-state index < -0.39 is 61.5 Å². The summed E-state index contributed by atoms with van der Waals surface area (Å²) in [5.74, 6) is -0.698. The molecule has 3 rings (SSSR count). The van der Waals surface area contributed by atoms with Crippen molar-refractivity contribution in [3.63, 3.8) is 0 Å². The van der Waals surface area contributed by atoms with E-state index in [4.69, 9.17) is 25.0 Å². The highest BCUT2D eigenvalue weighted by molar-refractivity contribution is 6.61. The lowest BCUT2D eigenvalue weighted by Crippen LogP contribution is -2.41. The van der Waals surface area contributed by atoms with E-state index in [9.17, 15) is 0 Å². The lowest BCUT2D eigenvalue weighted by Gasteiger charge is -2.32. The fourth-order valence-corrected chi connectivity index (χ4v) is 1.64. The molecule has 0 saturated carbocycles. The topological polar surface area (TPSA) is 49.8 Å². The van der Waals surface area contributed by atoms with Gasteiger partial charge in [-0.25, -0.2) is 0 Å². The highest BCUT2D eigenvalue weighted by Gasteiger charge is 2.52. The highest BCUT2D eigenvalue weighted by Crippen LogP contribution is 2.36. The first-order chi connectivity index (χ1) is 12.5. The lowest BCUT2D eigenvalue weighted by molar-refractivity contribution is -0.0797. The summed E-state index contributed by atoms with van der Waals surface area (Å²) in [5.41, 5.74) is -1.59. The van der Waals surface area contributed by atoms with E-state index in [0.29, 0.717) is 0 Å². The minimum absolute atomic E-state index is 0.129. The lowest BCUT2D eigenvalue weighted by atomic mass is 9.84. The van der Waals surface area contributed by atoms with E-state index in [0.717, 1.165) is 0 Å². The molecule has 0 aliphatic carbocycles. The quantitative estimate of drug-likeness (QED) is 0.780. The summed E-state index contributed by atoms with van der Waals surface area (Å²) >= 11 is 0. The zero-order chi connectivity index (χ0) is 21.5. The third-order valence-electron chi connectivity index (χ3n) is 3.55. The maximum atomic E-state index is 8.18. The summed E-state index contributed by atoms with van der Waals surface area (Å²) in [4.78, 5) is 3.90. The maximum Gasteiger partial charge on any atom is 0.514 e. The number of aromatic nitrogens is 1. The zero-order valence-electron chi connectivity index (χ0n) is 19.7. The van der Waals surface area contributed by atoms with Gasteiger partial charge in [-0.2, -0.15) is 0 Å². The second-order valence-electron chi connectivity index (χ2n) is 5.51. The molecule has 0 aromatic carbocycles. The van der Waals surface area contributed by atoms with Gasteiger partial charge >= 0.3 is 7.12 Å². The number of ether oxygens (including phenoxy) is 2. The summed E-state index contributed by atoms with van der Waals surface area (Å²) in [6.45, 7) is 1.54. The van der Waals surface area contributed by atoms with Crippen LogP contribution in [0.5, 0.6) is 5.75 Å². The Labute approximate surface area is 131 Å². The predicted octanol–water partition coefficient (Wildman–Crippen LogP) is 1.16. The van der Waals surface area contributed by atoms with Crippen molar-refractivity contribution in [3.8, 4) is 5.75 Å². The van der Waals surface area contributed by atoms with Crippen molar-refractivity contribution in [2.24, 2.45) is 0 Å². The van der Waals surface area contributed by atoms with Gasteiger partial charge in [0.2, 0.25) is 0 Å². The predicted molar refractivity (Wildman–Crippen MR) is 75.2 cm³/mol. The molecule has 6 heteroatoms. The van der Waals surface area contributed by atoms with Crippen LogP contribution in [-0.2, 0) is 14.0 Å². The van der Waals surface area contributed by atoms with Crippen LogP contribution >= 0.6 is 0 Å². The van der Waals surface area contributed by atoms with Crippen molar-refractivity contribution < 1.29 is 29.7 Å². The molecule has 1 aromatic heterocycles. The Kier molecular flexibility index (Phi) is 1.71. The monoisotopic (exact) mass is 285 g/mol. The van der Waals surface area contributed by atoms with Gasteiger partial charge in [-0.05, 0) is 39.8 Å². The molecule has 108 valence electrons. The second-order valence-corrected chi connectivity index (χ2v) is 5.51. The van der Waals surface area contributed by atoms with Crippen LogP contribution in [-0.4, -0.2) is 42.5 Å². The Balaban J connectivity index is 1.99. The van der Waals surface area contributed by atoms with Crippen LogP contribution in [0.4, 0.5) is 0 Å². The Morgan fingerprint density at radius 1 is 1.35 bits per heavy atom. The molecule has 1 aromatic rings. The van der Waals surface area contributed by atoms with Crippen LogP contribution in [0.2, 0.25) is 0 Å². The summed E-state index contributed by atoms with van der Waals surface area (Å²) < 4.78 is 83.6. The molecule has 0 atom stereocenters. The Hall–Kier alpha value is -1.11. The van der Waals surface area contributed by atoms with E-state index >= 15 is 0 Å². The molecule has 5 nitrogen and oxygen atoms in total. The van der Waals surface area contributed by atoms with Gasteiger partial charge < -0.3 is 18.8 Å². The van der Waals surface area contributed by atoms with E-state index in [-0.39, 0.29) is 5.59 Å². The summed E-state index contributed by atoms with van der Waals surface area (Å²) in [5, 5.41) is 0. The van der Waals surface area contributed by atoms with Crippen LogP contribution in [0.1, 0.15) is 38.7 Å². The van der Waals surface area contributed by atoms with Crippen molar-refractivity contribution in [1.82, 2.24) is 4.98 Å². The molecule has 3 heterocycles. The largest absolute Gasteiger partial charge is 0.514 e. The molecule has 2 aliphatic heterocycles. The second kappa shape index (κ2) is 4.72. The van der Waals surface area contributed by atoms with Crippen LogP contribution < -0.4 is 10.3 Å². The third-order valence-corrected chi connectivity index (χ3v) is 3.55. The molecule has 0 unspecified atom stereocenters. The molecular weight excluding hydrogens is 257 g/mol. The Morgan fingerprint density at radius 2 is 2.00 bits per heavy atom. The number of rotatable bonds is 3. The maximum absolute atomic E-state index is 8.18. The zero-order valence-corrected chi connectivity index (χ0v) is 11.7. The number of hydrogen-bond acceptors (Lipinski definition) is 5. The molecule has 0 N–H and O–H groups in total. The van der Waals surface area contributed by atoms with Gasteiger partial charge in [-0.3, -0.25) is 4.98 Å². The van der Waals surface area contributed by atoms with Crippen molar-refractivity contribution in [2.75, 3.05) is 13.1 Å². The van der Waals surface area contributed by atoms with Gasteiger partial charge in [0.1, 0.15) is 11.8 Å². The molecule has 0 spiro atoms. The van der Waals surface area contributed by atoms with Crippen LogP contribution in [0, 0.1) is 0 Å². The number of pyridine rings is 1. The molecule has 0 radical (unpaired) electrons. The SMILES string of the molecule is [2H]c1nc(B2OC(C)(C)C(C)(C)O2)c([2H])c([2H])c1OC1([2H])C([2H])([2H])OC1([2H])[2H]. The molecule has 2 fully saturated rings. The van der Waals surface area contributed by atoms with Crippen molar-refractivity contribution >= 4 is 12.7 Å². The van der Waals surface area contributed by atoms with Crippen LogP contribution in [0.15, 0.2) is 18.3 Å². The van der Waals surface area contributed by atoms with Gasteiger partial charge in [-0.15, -0.1) is 0 Å². The average molecular weight is 285 g/mol. The molecule has 2 aliphatic rings. The van der Waals surface area contributed by atoms with E-state index in [2.05, 4.69) is 9.72 Å². The first-order valence-corrected chi connectivity index (χ1v) is 6.18. The number of hydrogen-bond donors (Lipinski definition) is 0. The van der Waals surface area contributed by atoms with Gasteiger partial charge in [0, 0.05) is 0 Å². The molecule has 2 saturated heterocycles. The summed E-state index contributed by atoms with van der Waals surface area (Å²) in [7, 11) is -1.10.